The summed E-state index contributed by atoms with van der Waals surface area (Å²) in [6.45, 7) is 2.01. The Morgan fingerprint density at radius 2 is 1.86 bits per heavy atom. The molecule has 1 unspecified atom stereocenters. The maximum absolute atomic E-state index is 13.8. The Morgan fingerprint density at radius 3 is 2.60 bits per heavy atom. The summed E-state index contributed by atoms with van der Waals surface area (Å²) in [6.07, 6.45) is 3.22. The molecule has 5 rings (SSSR count). The van der Waals surface area contributed by atoms with Gasteiger partial charge in [-0.05, 0) is 42.8 Å². The summed E-state index contributed by atoms with van der Waals surface area (Å²) in [5.74, 6) is 1.38. The second kappa shape index (κ2) is 9.09. The summed E-state index contributed by atoms with van der Waals surface area (Å²) in [5.41, 5.74) is 1.86. The molecule has 0 amide bonds. The molecule has 1 aliphatic rings. The number of hydrogen-bond donors (Lipinski definition) is 1. The molecule has 4 heterocycles. The first-order valence-electron chi connectivity index (χ1n) is 10.7. The number of hydrogen-bond acceptors (Lipinski definition) is 9. The summed E-state index contributed by atoms with van der Waals surface area (Å²) in [5, 5.41) is 3.06. The summed E-state index contributed by atoms with van der Waals surface area (Å²) in [6, 6.07) is 8.36. The second-order valence-electron chi connectivity index (χ2n) is 7.89. The molecule has 1 N–H and O–H groups in total. The van der Waals surface area contributed by atoms with Crippen LogP contribution in [0.4, 0.5) is 26.4 Å². The number of benzene rings is 1. The molecule has 9 nitrogen and oxygen atoms in total. The van der Waals surface area contributed by atoms with E-state index in [0.717, 1.165) is 6.07 Å². The molecule has 0 saturated heterocycles. The smallest absolute Gasteiger partial charge is 0.230 e. The Labute approximate surface area is 199 Å². The fraction of sp³-hybridized carbons (Fsp3) is 0.208. The van der Waals surface area contributed by atoms with Crippen molar-refractivity contribution in [2.24, 2.45) is 0 Å². The van der Waals surface area contributed by atoms with Crippen LogP contribution in [0.3, 0.4) is 0 Å². The predicted molar refractivity (Wildman–Crippen MR) is 125 cm³/mol. The molecule has 1 aromatic carbocycles. The minimum Gasteiger partial charge on any atom is -0.486 e. The molecular weight excluding hydrogens is 456 g/mol. The van der Waals surface area contributed by atoms with Crippen molar-refractivity contribution in [1.82, 2.24) is 24.9 Å². The summed E-state index contributed by atoms with van der Waals surface area (Å²) in [4.78, 5) is 23.7. The zero-order chi connectivity index (χ0) is 24.5. The number of likely N-dealkylation sites (N-methyl/N-ethyl adjacent to an activating group) is 1. The second-order valence-corrected chi connectivity index (χ2v) is 7.89. The van der Waals surface area contributed by atoms with E-state index >= 15 is 0 Å². The van der Waals surface area contributed by atoms with E-state index in [0.29, 0.717) is 45.9 Å². The molecule has 11 heteroatoms. The lowest BCUT2D eigenvalue weighted by atomic mass is 10.0. The Kier molecular flexibility index (Phi) is 5.81. The average Bonchev–Trinajstić information content (AvgIpc) is 2.84. The lowest BCUT2D eigenvalue weighted by molar-refractivity contribution is 0.264. The number of rotatable bonds is 5. The van der Waals surface area contributed by atoms with E-state index < -0.39 is 17.7 Å². The van der Waals surface area contributed by atoms with Crippen molar-refractivity contribution in [2.45, 2.75) is 13.0 Å². The van der Waals surface area contributed by atoms with Gasteiger partial charge in [-0.2, -0.15) is 9.97 Å². The first-order chi connectivity index (χ1) is 16.9. The predicted octanol–water partition coefficient (Wildman–Crippen LogP) is 4.24. The van der Waals surface area contributed by atoms with Crippen molar-refractivity contribution >= 4 is 17.6 Å². The summed E-state index contributed by atoms with van der Waals surface area (Å²) in [7, 11) is 3.31. The SMILES string of the molecule is COc1nc(Nc2ncc3c(n2)N(C)C(c2cc(F)cc(F)c2)CO3)ccc1-c1ccnc(C)n1. The zero-order valence-electron chi connectivity index (χ0n) is 19.2. The van der Waals surface area contributed by atoms with E-state index in [1.165, 1.54) is 19.2 Å². The van der Waals surface area contributed by atoms with Crippen molar-refractivity contribution in [3.05, 3.63) is 71.8 Å². The van der Waals surface area contributed by atoms with Gasteiger partial charge in [0.1, 0.15) is 29.9 Å². The summed E-state index contributed by atoms with van der Waals surface area (Å²) >= 11 is 0. The lowest BCUT2D eigenvalue weighted by Crippen LogP contribution is -2.34. The van der Waals surface area contributed by atoms with Gasteiger partial charge in [0.2, 0.25) is 11.8 Å². The molecule has 0 aliphatic carbocycles. The van der Waals surface area contributed by atoms with Gasteiger partial charge in [-0.1, -0.05) is 0 Å². The number of aryl methyl sites for hydroxylation is 1. The number of ether oxygens (including phenoxy) is 2. The molecule has 4 aromatic rings. The number of nitrogens with zero attached hydrogens (tertiary/aromatic N) is 6. The lowest BCUT2D eigenvalue weighted by Gasteiger charge is -2.35. The maximum atomic E-state index is 13.8. The number of nitrogens with one attached hydrogen (secondary N) is 1. The molecule has 35 heavy (non-hydrogen) atoms. The van der Waals surface area contributed by atoms with E-state index in [4.69, 9.17) is 9.47 Å². The van der Waals surface area contributed by atoms with Gasteiger partial charge in [-0.25, -0.2) is 23.7 Å². The minimum atomic E-state index is -0.648. The van der Waals surface area contributed by atoms with Gasteiger partial charge < -0.3 is 19.7 Å². The Morgan fingerprint density at radius 1 is 1.06 bits per heavy atom. The van der Waals surface area contributed by atoms with Gasteiger partial charge >= 0.3 is 0 Å². The van der Waals surface area contributed by atoms with E-state index in [1.54, 1.807) is 36.5 Å². The third-order valence-electron chi connectivity index (χ3n) is 5.55. The van der Waals surface area contributed by atoms with Gasteiger partial charge in [0.15, 0.2) is 11.6 Å². The minimum absolute atomic E-state index is 0.200. The van der Waals surface area contributed by atoms with E-state index in [9.17, 15) is 8.78 Å². The monoisotopic (exact) mass is 477 g/mol. The van der Waals surface area contributed by atoms with Gasteiger partial charge in [0, 0.05) is 19.3 Å². The highest BCUT2D eigenvalue weighted by molar-refractivity contribution is 5.68. The van der Waals surface area contributed by atoms with E-state index in [-0.39, 0.29) is 12.6 Å². The quantitative estimate of drug-likeness (QED) is 0.453. The van der Waals surface area contributed by atoms with Crippen LogP contribution in [-0.2, 0) is 0 Å². The first-order valence-corrected chi connectivity index (χ1v) is 10.7. The van der Waals surface area contributed by atoms with Crippen LogP contribution in [0.2, 0.25) is 0 Å². The van der Waals surface area contributed by atoms with Crippen LogP contribution in [0.1, 0.15) is 17.4 Å². The molecule has 178 valence electrons. The van der Waals surface area contributed by atoms with Gasteiger partial charge in [0.25, 0.3) is 0 Å². The molecule has 0 saturated carbocycles. The number of fused-ring (bicyclic) bond motifs is 1. The highest BCUT2D eigenvalue weighted by atomic mass is 19.1. The van der Waals surface area contributed by atoms with Crippen LogP contribution in [0.25, 0.3) is 11.3 Å². The fourth-order valence-electron chi connectivity index (χ4n) is 3.87. The third kappa shape index (κ3) is 4.52. The van der Waals surface area contributed by atoms with Crippen molar-refractivity contribution < 1.29 is 18.3 Å². The molecule has 1 atom stereocenters. The van der Waals surface area contributed by atoms with Crippen LogP contribution < -0.4 is 19.7 Å². The number of halogens is 2. The molecule has 1 aliphatic heterocycles. The summed E-state index contributed by atoms with van der Waals surface area (Å²) < 4.78 is 38.8. The van der Waals surface area contributed by atoms with Gasteiger partial charge in [-0.3, -0.25) is 0 Å². The van der Waals surface area contributed by atoms with Crippen LogP contribution in [0.15, 0.2) is 48.8 Å². The normalized spacial score (nSPS) is 14.8. The number of pyridine rings is 1. The molecular formula is C24H21F2N7O2. The molecule has 0 spiro atoms. The fourth-order valence-corrected chi connectivity index (χ4v) is 3.87. The van der Waals surface area contributed by atoms with Gasteiger partial charge in [0.05, 0.1) is 30.6 Å². The van der Waals surface area contributed by atoms with Crippen molar-refractivity contribution in [3.8, 4) is 22.9 Å². The first kappa shape index (κ1) is 22.4. The molecule has 0 bridgehead atoms. The van der Waals surface area contributed by atoms with Crippen LogP contribution in [0.5, 0.6) is 11.6 Å². The highest BCUT2D eigenvalue weighted by Gasteiger charge is 2.29. The standard InChI is InChI=1S/C24H21F2N7O2/c1-13-27-7-6-18(29-13)17-4-5-21(30-23(17)34-3)31-24-28-11-20-22(32-24)33(2)19(12-35-20)14-8-15(25)10-16(26)9-14/h4-11,19H,12H2,1-3H3,(H,28,30,31,32). The zero-order valence-corrected chi connectivity index (χ0v) is 19.2. The van der Waals surface area contributed by atoms with E-state index in [1.807, 2.05) is 13.0 Å². The van der Waals surface area contributed by atoms with Crippen LogP contribution >= 0.6 is 0 Å². The maximum Gasteiger partial charge on any atom is 0.230 e. The van der Waals surface area contributed by atoms with Crippen LogP contribution in [0, 0.1) is 18.6 Å². The van der Waals surface area contributed by atoms with Crippen molar-refractivity contribution in [3.63, 3.8) is 0 Å². The highest BCUT2D eigenvalue weighted by Crippen LogP contribution is 2.37. The number of aromatic nitrogens is 5. The largest absolute Gasteiger partial charge is 0.486 e. The number of methoxy groups -OCH3 is 1. The number of anilines is 3. The van der Waals surface area contributed by atoms with Crippen molar-refractivity contribution in [2.75, 3.05) is 31.0 Å². The van der Waals surface area contributed by atoms with Crippen LogP contribution in [-0.4, -0.2) is 45.7 Å². The van der Waals surface area contributed by atoms with Crippen molar-refractivity contribution in [1.29, 1.82) is 0 Å². The average molecular weight is 477 g/mol. The topological polar surface area (TPSA) is 98.2 Å². The van der Waals surface area contributed by atoms with E-state index in [2.05, 4.69) is 30.2 Å². The molecule has 3 aromatic heterocycles. The molecule has 0 fully saturated rings. The Bertz CT molecular complexity index is 1380. The Balaban J connectivity index is 1.41. The third-order valence-corrected chi connectivity index (χ3v) is 5.55. The molecule has 0 radical (unpaired) electrons. The van der Waals surface area contributed by atoms with Gasteiger partial charge in [-0.15, -0.1) is 0 Å². The Hall–Kier alpha value is -4.41.